The lowest BCUT2D eigenvalue weighted by Crippen LogP contribution is -2.30. The molecular formula is C13H19NO5. The second-order valence-corrected chi connectivity index (χ2v) is 3.81. The number of methoxy groups -OCH3 is 2. The van der Waals surface area contributed by atoms with Gasteiger partial charge >= 0.3 is 5.97 Å². The van der Waals surface area contributed by atoms with Crippen molar-refractivity contribution in [2.24, 2.45) is 0 Å². The molecule has 106 valence electrons. The first-order valence-electron chi connectivity index (χ1n) is 5.91. The molecule has 0 aromatic heterocycles. The molecule has 0 saturated carbocycles. The van der Waals surface area contributed by atoms with E-state index in [1.165, 1.54) is 14.2 Å². The van der Waals surface area contributed by atoms with Crippen molar-refractivity contribution in [1.29, 1.82) is 0 Å². The Kier molecular flexibility index (Phi) is 6.11. The molecule has 0 saturated heterocycles. The fourth-order valence-corrected chi connectivity index (χ4v) is 1.78. The topological polar surface area (TPSA) is 79.2 Å². The molecule has 6 heteroatoms. The first-order valence-corrected chi connectivity index (χ1v) is 5.91. The fourth-order valence-electron chi connectivity index (χ4n) is 1.78. The van der Waals surface area contributed by atoms with E-state index in [-0.39, 0.29) is 13.2 Å². The smallest absolute Gasteiger partial charge is 0.337 e. The highest BCUT2D eigenvalue weighted by molar-refractivity contribution is 5.90. The number of carbonyl (C=O) groups excluding carboxylic acids is 1. The van der Waals surface area contributed by atoms with E-state index in [0.717, 1.165) is 0 Å². The van der Waals surface area contributed by atoms with Gasteiger partial charge in [-0.05, 0) is 18.2 Å². The average molecular weight is 269 g/mol. The molecule has 0 amide bonds. The maximum atomic E-state index is 11.4. The Balaban J connectivity index is 3.08. The quantitative estimate of drug-likeness (QED) is 0.692. The lowest BCUT2D eigenvalue weighted by Gasteiger charge is -2.25. The minimum Gasteiger partial charge on any atom is -0.495 e. The number of hydrogen-bond donors (Lipinski definition) is 2. The number of anilines is 1. The zero-order valence-electron chi connectivity index (χ0n) is 11.1. The zero-order valence-corrected chi connectivity index (χ0v) is 11.1. The van der Waals surface area contributed by atoms with Crippen LogP contribution in [0.4, 0.5) is 5.69 Å². The summed E-state index contributed by atoms with van der Waals surface area (Å²) in [7, 11) is 2.81. The first kappa shape index (κ1) is 15.3. The van der Waals surface area contributed by atoms with Gasteiger partial charge < -0.3 is 24.6 Å². The summed E-state index contributed by atoms with van der Waals surface area (Å²) >= 11 is 0. The molecule has 0 bridgehead atoms. The van der Waals surface area contributed by atoms with Crippen LogP contribution in [0.3, 0.4) is 0 Å². The van der Waals surface area contributed by atoms with Crippen LogP contribution in [0.15, 0.2) is 18.2 Å². The van der Waals surface area contributed by atoms with Crippen LogP contribution in [0.2, 0.25) is 0 Å². The molecule has 0 spiro atoms. The average Bonchev–Trinajstić information content (AvgIpc) is 2.45. The van der Waals surface area contributed by atoms with Crippen LogP contribution in [0.1, 0.15) is 10.4 Å². The molecule has 2 N–H and O–H groups in total. The second kappa shape index (κ2) is 7.60. The number of rotatable bonds is 7. The van der Waals surface area contributed by atoms with Gasteiger partial charge in [0.25, 0.3) is 0 Å². The van der Waals surface area contributed by atoms with E-state index in [9.17, 15) is 4.79 Å². The maximum absolute atomic E-state index is 11.4. The molecule has 0 fully saturated rings. The lowest BCUT2D eigenvalue weighted by molar-refractivity contribution is 0.0600. The van der Waals surface area contributed by atoms with Gasteiger partial charge in [0.15, 0.2) is 0 Å². The molecule has 19 heavy (non-hydrogen) atoms. The van der Waals surface area contributed by atoms with Crippen molar-refractivity contribution in [3.05, 3.63) is 23.8 Å². The van der Waals surface area contributed by atoms with Gasteiger partial charge in [0.1, 0.15) is 5.75 Å². The van der Waals surface area contributed by atoms with Crippen LogP contribution >= 0.6 is 0 Å². The van der Waals surface area contributed by atoms with Crippen molar-refractivity contribution in [3.8, 4) is 5.75 Å². The second-order valence-electron chi connectivity index (χ2n) is 3.81. The summed E-state index contributed by atoms with van der Waals surface area (Å²) in [6.45, 7) is 0.660. The minimum atomic E-state index is -0.444. The van der Waals surface area contributed by atoms with Crippen LogP contribution in [0, 0.1) is 0 Å². The first-order chi connectivity index (χ1) is 9.17. The van der Waals surface area contributed by atoms with Crippen molar-refractivity contribution < 1.29 is 24.5 Å². The predicted molar refractivity (Wildman–Crippen MR) is 70.7 cm³/mol. The highest BCUT2D eigenvalue weighted by atomic mass is 16.5. The standard InChI is InChI=1S/C13H19NO5/c1-18-12-9-10(13(17)19-2)3-4-11(12)14(5-7-15)6-8-16/h3-4,9,15-16H,5-8H2,1-2H3. The van der Waals surface area contributed by atoms with Crippen molar-refractivity contribution in [3.63, 3.8) is 0 Å². The number of aliphatic hydroxyl groups is 2. The predicted octanol–water partition coefficient (Wildman–Crippen LogP) is 0.273. The summed E-state index contributed by atoms with van der Waals surface area (Å²) in [5.74, 6) is 0.0468. The Bertz CT molecular complexity index is 415. The maximum Gasteiger partial charge on any atom is 0.337 e. The van der Waals surface area contributed by atoms with Crippen LogP contribution in [-0.2, 0) is 4.74 Å². The van der Waals surface area contributed by atoms with Crippen molar-refractivity contribution in [2.75, 3.05) is 45.4 Å². The third-order valence-electron chi connectivity index (χ3n) is 2.68. The van der Waals surface area contributed by atoms with Crippen molar-refractivity contribution in [1.82, 2.24) is 0 Å². The third kappa shape index (κ3) is 3.84. The molecule has 0 unspecified atom stereocenters. The molecule has 0 radical (unpaired) electrons. The molecule has 1 aromatic carbocycles. The fraction of sp³-hybridized carbons (Fsp3) is 0.462. The van der Waals surface area contributed by atoms with E-state index in [2.05, 4.69) is 4.74 Å². The van der Waals surface area contributed by atoms with E-state index in [0.29, 0.717) is 30.1 Å². The Labute approximate surface area is 112 Å². The van der Waals surface area contributed by atoms with Crippen LogP contribution in [0.5, 0.6) is 5.75 Å². The number of hydrogen-bond acceptors (Lipinski definition) is 6. The van der Waals surface area contributed by atoms with Gasteiger partial charge in [-0.3, -0.25) is 0 Å². The summed E-state index contributed by atoms with van der Waals surface area (Å²) in [5, 5.41) is 18.1. The zero-order chi connectivity index (χ0) is 14.3. The highest BCUT2D eigenvalue weighted by Gasteiger charge is 2.14. The number of esters is 1. The Hall–Kier alpha value is -1.79. The summed E-state index contributed by atoms with van der Waals surface area (Å²) in [6, 6.07) is 4.89. The summed E-state index contributed by atoms with van der Waals surface area (Å²) in [6.07, 6.45) is 0. The SMILES string of the molecule is COC(=O)c1ccc(N(CCO)CCO)c(OC)c1. The van der Waals surface area contributed by atoms with Gasteiger partial charge in [-0.2, -0.15) is 0 Å². The number of carbonyl (C=O) groups is 1. The summed E-state index contributed by atoms with van der Waals surface area (Å²) in [4.78, 5) is 13.2. The molecule has 0 atom stereocenters. The van der Waals surface area contributed by atoms with E-state index in [4.69, 9.17) is 14.9 Å². The largest absolute Gasteiger partial charge is 0.495 e. The van der Waals surface area contributed by atoms with Gasteiger partial charge in [-0.25, -0.2) is 4.79 Å². The van der Waals surface area contributed by atoms with Gasteiger partial charge in [0, 0.05) is 13.1 Å². The summed E-state index contributed by atoms with van der Waals surface area (Å²) in [5.41, 5.74) is 1.09. The lowest BCUT2D eigenvalue weighted by atomic mass is 10.1. The Morgan fingerprint density at radius 2 is 1.84 bits per heavy atom. The van der Waals surface area contributed by atoms with Gasteiger partial charge in [0.2, 0.25) is 0 Å². The molecule has 0 aliphatic rings. The van der Waals surface area contributed by atoms with Crippen LogP contribution in [-0.4, -0.2) is 56.7 Å². The van der Waals surface area contributed by atoms with Gasteiger partial charge in [-0.1, -0.05) is 0 Å². The monoisotopic (exact) mass is 269 g/mol. The van der Waals surface area contributed by atoms with Crippen LogP contribution < -0.4 is 9.64 Å². The molecule has 1 aromatic rings. The number of benzene rings is 1. The van der Waals surface area contributed by atoms with E-state index < -0.39 is 5.97 Å². The molecule has 0 heterocycles. The minimum absolute atomic E-state index is 0.0398. The van der Waals surface area contributed by atoms with Crippen LogP contribution in [0.25, 0.3) is 0 Å². The molecule has 6 nitrogen and oxygen atoms in total. The molecule has 1 rings (SSSR count). The van der Waals surface area contributed by atoms with Gasteiger partial charge in [0.05, 0.1) is 38.7 Å². The van der Waals surface area contributed by atoms with E-state index in [1.54, 1.807) is 23.1 Å². The number of ether oxygens (including phenoxy) is 2. The molecule has 0 aliphatic carbocycles. The third-order valence-corrected chi connectivity index (χ3v) is 2.68. The van der Waals surface area contributed by atoms with E-state index >= 15 is 0 Å². The van der Waals surface area contributed by atoms with Crippen molar-refractivity contribution in [2.45, 2.75) is 0 Å². The number of aliphatic hydroxyl groups excluding tert-OH is 2. The normalized spacial score (nSPS) is 10.1. The number of nitrogens with zero attached hydrogens (tertiary/aromatic N) is 1. The van der Waals surface area contributed by atoms with Crippen molar-refractivity contribution >= 4 is 11.7 Å². The summed E-state index contributed by atoms with van der Waals surface area (Å²) < 4.78 is 9.88. The highest BCUT2D eigenvalue weighted by Crippen LogP contribution is 2.29. The van der Waals surface area contributed by atoms with E-state index in [1.807, 2.05) is 0 Å². The Morgan fingerprint density at radius 1 is 1.21 bits per heavy atom. The molecular weight excluding hydrogens is 250 g/mol. The van der Waals surface area contributed by atoms with Gasteiger partial charge in [-0.15, -0.1) is 0 Å². The molecule has 0 aliphatic heterocycles. The Morgan fingerprint density at radius 3 is 2.32 bits per heavy atom.